The Labute approximate surface area is 186 Å². The van der Waals surface area contributed by atoms with Crippen LogP contribution in [0.25, 0.3) is 17.1 Å². The van der Waals surface area contributed by atoms with Crippen molar-refractivity contribution in [1.82, 2.24) is 19.8 Å². The number of Topliss-reactive ketones (excluding diaryl/α,β-unsaturated/α-hetero) is 1. The summed E-state index contributed by atoms with van der Waals surface area (Å²) in [5.41, 5.74) is 1.40. The topological polar surface area (TPSA) is 108 Å². The average molecular weight is 441 g/mol. The van der Waals surface area contributed by atoms with Crippen LogP contribution >= 0.6 is 0 Å². The number of ketones is 1. The number of rotatable bonds is 7. The first-order chi connectivity index (χ1) is 15.5. The number of pyridine rings is 1. The SMILES string of the molecule is CCOC(=O)C1=C(N2CCC(N(C)CCO)CC2)OC(=Cc2c[nH]c3ncccc23)C1=O. The molecule has 0 aromatic carbocycles. The molecule has 0 unspecified atom stereocenters. The summed E-state index contributed by atoms with van der Waals surface area (Å²) in [5, 5.41) is 10.0. The quantitative estimate of drug-likeness (QED) is 0.380. The highest BCUT2D eigenvalue weighted by Crippen LogP contribution is 2.33. The van der Waals surface area contributed by atoms with Gasteiger partial charge in [0.05, 0.1) is 13.2 Å². The molecular formula is C23H28N4O5. The van der Waals surface area contributed by atoms with Crippen molar-refractivity contribution in [3.63, 3.8) is 0 Å². The highest BCUT2D eigenvalue weighted by atomic mass is 16.5. The van der Waals surface area contributed by atoms with Crippen LogP contribution in [0.1, 0.15) is 25.3 Å². The molecule has 2 aliphatic heterocycles. The van der Waals surface area contributed by atoms with Gasteiger partial charge in [-0.15, -0.1) is 0 Å². The van der Waals surface area contributed by atoms with E-state index < -0.39 is 11.8 Å². The number of hydrogen-bond acceptors (Lipinski definition) is 8. The van der Waals surface area contributed by atoms with Crippen molar-refractivity contribution in [3.8, 4) is 0 Å². The number of esters is 1. The number of nitrogens with zero attached hydrogens (tertiary/aromatic N) is 3. The van der Waals surface area contributed by atoms with Gasteiger partial charge in [0.25, 0.3) is 0 Å². The van der Waals surface area contributed by atoms with Gasteiger partial charge in [-0.25, -0.2) is 9.78 Å². The molecule has 2 aromatic rings. The lowest BCUT2D eigenvalue weighted by atomic mass is 10.0. The van der Waals surface area contributed by atoms with E-state index in [0.717, 1.165) is 23.8 Å². The lowest BCUT2D eigenvalue weighted by Crippen LogP contribution is -2.44. The first kappa shape index (κ1) is 22.0. The molecule has 32 heavy (non-hydrogen) atoms. The molecule has 2 N–H and O–H groups in total. The summed E-state index contributed by atoms with van der Waals surface area (Å²) in [7, 11) is 1.99. The second kappa shape index (κ2) is 9.54. The lowest BCUT2D eigenvalue weighted by Gasteiger charge is -2.37. The predicted molar refractivity (Wildman–Crippen MR) is 118 cm³/mol. The molecule has 0 amide bonds. The molecular weight excluding hydrogens is 412 g/mol. The number of likely N-dealkylation sites (tertiary alicyclic amines) is 1. The minimum Gasteiger partial charge on any atom is -0.462 e. The maximum atomic E-state index is 13.2. The minimum atomic E-state index is -0.670. The highest BCUT2D eigenvalue weighted by Gasteiger charge is 2.40. The van der Waals surface area contributed by atoms with Crippen LogP contribution in [-0.4, -0.2) is 82.6 Å². The second-order valence-corrected chi connectivity index (χ2v) is 7.91. The highest BCUT2D eigenvalue weighted by molar-refractivity contribution is 6.26. The summed E-state index contributed by atoms with van der Waals surface area (Å²) in [5.74, 6) is -0.791. The Balaban J connectivity index is 1.59. The van der Waals surface area contributed by atoms with Crippen molar-refractivity contribution in [1.29, 1.82) is 0 Å². The number of aromatic amines is 1. The van der Waals surface area contributed by atoms with E-state index in [1.54, 1.807) is 25.4 Å². The van der Waals surface area contributed by atoms with E-state index in [-0.39, 0.29) is 30.4 Å². The Hall–Kier alpha value is -3.17. The van der Waals surface area contributed by atoms with Crippen molar-refractivity contribution in [2.45, 2.75) is 25.8 Å². The molecule has 1 saturated heterocycles. The summed E-state index contributed by atoms with van der Waals surface area (Å²) < 4.78 is 11.1. The molecule has 2 aliphatic rings. The van der Waals surface area contributed by atoms with Crippen LogP contribution in [0.2, 0.25) is 0 Å². The standard InChI is InChI=1S/C23H28N4O5/c1-3-31-23(30)19-20(29)18(13-15-14-25-21-17(15)5-4-8-24-21)32-22(19)27-9-6-16(7-10-27)26(2)11-12-28/h4-5,8,13-14,16,28H,3,6-7,9-12H2,1-2H3,(H,24,25). The number of piperidine rings is 1. The minimum absolute atomic E-state index is 0.0572. The molecule has 0 saturated carbocycles. The molecule has 170 valence electrons. The zero-order chi connectivity index (χ0) is 22.7. The number of ether oxygens (including phenoxy) is 2. The fourth-order valence-electron chi connectivity index (χ4n) is 4.21. The molecule has 0 aliphatic carbocycles. The summed E-state index contributed by atoms with van der Waals surface area (Å²) >= 11 is 0. The van der Waals surface area contributed by atoms with Crippen molar-refractivity contribution in [3.05, 3.63) is 47.3 Å². The smallest absolute Gasteiger partial charge is 0.347 e. The fraction of sp³-hybridized carbons (Fsp3) is 0.435. The second-order valence-electron chi connectivity index (χ2n) is 7.91. The number of H-pyrrole nitrogens is 1. The van der Waals surface area contributed by atoms with Crippen LogP contribution in [0.3, 0.4) is 0 Å². The van der Waals surface area contributed by atoms with E-state index in [0.29, 0.717) is 31.3 Å². The van der Waals surface area contributed by atoms with Gasteiger partial charge in [-0.3, -0.25) is 4.79 Å². The Kier molecular flexibility index (Phi) is 6.57. The van der Waals surface area contributed by atoms with Crippen molar-refractivity contribution in [2.75, 3.05) is 39.9 Å². The fourth-order valence-corrected chi connectivity index (χ4v) is 4.21. The van der Waals surface area contributed by atoms with Crippen molar-refractivity contribution in [2.24, 2.45) is 0 Å². The first-order valence-corrected chi connectivity index (χ1v) is 10.9. The van der Waals surface area contributed by atoms with Crippen LogP contribution < -0.4 is 0 Å². The molecule has 0 radical (unpaired) electrons. The molecule has 4 heterocycles. The van der Waals surface area contributed by atoms with Gasteiger partial charge in [-0.1, -0.05) is 0 Å². The number of fused-ring (bicyclic) bond motifs is 1. The zero-order valence-electron chi connectivity index (χ0n) is 18.3. The molecule has 2 aromatic heterocycles. The number of hydrogen-bond donors (Lipinski definition) is 2. The van der Waals surface area contributed by atoms with E-state index in [1.807, 2.05) is 24.1 Å². The van der Waals surface area contributed by atoms with E-state index in [9.17, 15) is 14.7 Å². The molecule has 0 atom stereocenters. The van der Waals surface area contributed by atoms with Gasteiger partial charge in [-0.2, -0.15) is 0 Å². The van der Waals surface area contributed by atoms with Gasteiger partial charge in [-0.05, 0) is 45.0 Å². The summed E-state index contributed by atoms with van der Waals surface area (Å²) in [6, 6.07) is 4.05. The van der Waals surface area contributed by atoms with Crippen molar-refractivity contribution >= 4 is 28.9 Å². The first-order valence-electron chi connectivity index (χ1n) is 10.9. The van der Waals surface area contributed by atoms with E-state index >= 15 is 0 Å². The Morgan fingerprint density at radius 1 is 1.44 bits per heavy atom. The van der Waals surface area contributed by atoms with Gasteiger partial charge in [0, 0.05) is 49.0 Å². The molecule has 9 nitrogen and oxygen atoms in total. The van der Waals surface area contributed by atoms with Gasteiger partial charge in [0.15, 0.2) is 11.3 Å². The molecule has 0 bridgehead atoms. The molecule has 9 heteroatoms. The number of aromatic nitrogens is 2. The maximum Gasteiger partial charge on any atom is 0.347 e. The van der Waals surface area contributed by atoms with E-state index in [1.165, 1.54) is 0 Å². The van der Waals surface area contributed by atoms with Crippen LogP contribution in [0, 0.1) is 0 Å². The number of carbonyl (C=O) groups excluding carboxylic acids is 2. The Morgan fingerprint density at radius 2 is 2.22 bits per heavy atom. The average Bonchev–Trinajstić information content (AvgIpc) is 3.36. The van der Waals surface area contributed by atoms with Crippen molar-refractivity contribution < 1.29 is 24.2 Å². The molecule has 1 fully saturated rings. The predicted octanol–water partition coefficient (Wildman–Crippen LogP) is 1.67. The number of likely N-dealkylation sites (N-methyl/N-ethyl adjacent to an activating group) is 1. The number of nitrogens with one attached hydrogen (secondary N) is 1. The largest absolute Gasteiger partial charge is 0.462 e. The normalized spacial score (nSPS) is 18.8. The third-order valence-corrected chi connectivity index (χ3v) is 5.95. The Morgan fingerprint density at radius 3 is 2.94 bits per heavy atom. The van der Waals surface area contributed by atoms with Crippen LogP contribution in [-0.2, 0) is 19.1 Å². The maximum absolute atomic E-state index is 13.2. The van der Waals surface area contributed by atoms with E-state index in [2.05, 4.69) is 14.9 Å². The van der Waals surface area contributed by atoms with Gasteiger partial charge in [0.1, 0.15) is 5.65 Å². The van der Waals surface area contributed by atoms with Crippen LogP contribution in [0.5, 0.6) is 0 Å². The third kappa shape index (κ3) is 4.26. The monoisotopic (exact) mass is 440 g/mol. The number of carbonyl (C=O) groups is 2. The third-order valence-electron chi connectivity index (χ3n) is 5.95. The van der Waals surface area contributed by atoms with Gasteiger partial charge < -0.3 is 29.4 Å². The van der Waals surface area contributed by atoms with Gasteiger partial charge >= 0.3 is 5.97 Å². The van der Waals surface area contributed by atoms with Gasteiger partial charge in [0.2, 0.25) is 11.7 Å². The summed E-state index contributed by atoms with van der Waals surface area (Å²) in [4.78, 5) is 37.2. The molecule has 4 rings (SSSR count). The lowest BCUT2D eigenvalue weighted by molar-refractivity contribution is -0.139. The number of allylic oxidation sites excluding steroid dienone is 1. The van der Waals surface area contributed by atoms with Crippen LogP contribution in [0.15, 0.2) is 41.7 Å². The number of aliphatic hydroxyl groups is 1. The van der Waals surface area contributed by atoms with Crippen LogP contribution in [0.4, 0.5) is 0 Å². The van der Waals surface area contributed by atoms with E-state index in [4.69, 9.17) is 9.47 Å². The summed E-state index contributed by atoms with van der Waals surface area (Å²) in [6.45, 7) is 3.87. The molecule has 0 spiro atoms. The Bertz CT molecular complexity index is 1070. The number of aliphatic hydroxyl groups excluding tert-OH is 1. The summed E-state index contributed by atoms with van der Waals surface area (Å²) in [6.07, 6.45) is 6.75. The zero-order valence-corrected chi connectivity index (χ0v) is 18.3.